The molecule has 0 heterocycles. The number of nitrogens with one attached hydrogen (secondary N) is 1. The van der Waals surface area contributed by atoms with Crippen LogP contribution in [0, 0.1) is 10.1 Å². The molecule has 1 amide bonds. The van der Waals surface area contributed by atoms with Crippen molar-refractivity contribution in [2.24, 2.45) is 0 Å². The average molecular weight is 451 g/mol. The number of halogens is 5. The van der Waals surface area contributed by atoms with Gasteiger partial charge in [0, 0.05) is 12.1 Å². The molecule has 0 fully saturated rings. The lowest BCUT2D eigenvalue weighted by Crippen LogP contribution is -2.31. The minimum absolute atomic E-state index is 0.0684. The summed E-state index contributed by atoms with van der Waals surface area (Å²) < 4.78 is 44.4. The van der Waals surface area contributed by atoms with Gasteiger partial charge in [0.15, 0.2) is 6.10 Å². The molecule has 1 atom stereocenters. The first-order chi connectivity index (χ1) is 13.4. The first kappa shape index (κ1) is 22.4. The lowest BCUT2D eigenvalue weighted by molar-refractivity contribution is -0.385. The van der Waals surface area contributed by atoms with Crippen LogP contribution in [0.3, 0.4) is 0 Å². The van der Waals surface area contributed by atoms with E-state index in [1.54, 1.807) is 0 Å². The number of nitro benzene ring substituents is 1. The van der Waals surface area contributed by atoms with Crippen molar-refractivity contribution in [2.75, 3.05) is 5.32 Å². The number of non-ortho nitro benzene ring substituents is 1. The molecule has 7 nitrogen and oxygen atoms in total. The van der Waals surface area contributed by atoms with Crippen molar-refractivity contribution < 1.29 is 32.4 Å². The molecule has 1 N–H and O–H groups in total. The molecule has 2 aromatic carbocycles. The third-order valence-corrected chi connectivity index (χ3v) is 4.42. The molecule has 29 heavy (non-hydrogen) atoms. The number of amides is 1. The Morgan fingerprint density at radius 2 is 1.86 bits per heavy atom. The number of esters is 1. The number of nitro groups is 1. The number of hydrogen-bond acceptors (Lipinski definition) is 5. The second-order valence-corrected chi connectivity index (χ2v) is 6.41. The molecule has 2 rings (SSSR count). The van der Waals surface area contributed by atoms with Gasteiger partial charge in [-0.15, -0.1) is 0 Å². The highest BCUT2D eigenvalue weighted by atomic mass is 35.5. The molecular formula is C17H11Cl2F3N2O5. The van der Waals surface area contributed by atoms with Crippen LogP contribution in [0.15, 0.2) is 36.4 Å². The molecule has 0 bridgehead atoms. The van der Waals surface area contributed by atoms with Crippen LogP contribution in [-0.2, 0) is 15.7 Å². The van der Waals surface area contributed by atoms with Gasteiger partial charge in [0.2, 0.25) is 0 Å². The van der Waals surface area contributed by atoms with Crippen LogP contribution >= 0.6 is 23.2 Å². The minimum atomic E-state index is -4.97. The number of anilines is 1. The molecule has 0 spiro atoms. The third-order valence-electron chi connectivity index (χ3n) is 3.60. The van der Waals surface area contributed by atoms with E-state index in [2.05, 4.69) is 0 Å². The van der Waals surface area contributed by atoms with Crippen LogP contribution in [0.1, 0.15) is 22.8 Å². The van der Waals surface area contributed by atoms with Crippen LogP contribution in [0.2, 0.25) is 10.0 Å². The van der Waals surface area contributed by atoms with Gasteiger partial charge in [-0.1, -0.05) is 29.3 Å². The summed E-state index contributed by atoms with van der Waals surface area (Å²) in [4.78, 5) is 34.0. The van der Waals surface area contributed by atoms with E-state index >= 15 is 0 Å². The van der Waals surface area contributed by atoms with Crippen LogP contribution in [0.25, 0.3) is 0 Å². The normalized spacial score (nSPS) is 12.2. The van der Waals surface area contributed by atoms with Crippen molar-refractivity contribution in [2.45, 2.75) is 19.2 Å². The van der Waals surface area contributed by atoms with Gasteiger partial charge in [-0.2, -0.15) is 13.2 Å². The fourth-order valence-electron chi connectivity index (χ4n) is 2.16. The second kappa shape index (κ2) is 8.66. The zero-order valence-electron chi connectivity index (χ0n) is 14.4. The minimum Gasteiger partial charge on any atom is -0.449 e. The summed E-state index contributed by atoms with van der Waals surface area (Å²) in [6.07, 6.45) is -6.48. The summed E-state index contributed by atoms with van der Waals surface area (Å²) in [5, 5.41) is 12.6. The zero-order valence-corrected chi connectivity index (χ0v) is 15.9. The van der Waals surface area contributed by atoms with Crippen LogP contribution < -0.4 is 5.32 Å². The smallest absolute Gasteiger partial charge is 0.418 e. The van der Waals surface area contributed by atoms with Crippen molar-refractivity contribution in [3.8, 4) is 0 Å². The molecule has 0 saturated carbocycles. The van der Waals surface area contributed by atoms with Gasteiger partial charge in [0.1, 0.15) is 0 Å². The lowest BCUT2D eigenvalue weighted by Gasteiger charge is -2.17. The molecule has 0 radical (unpaired) electrons. The highest BCUT2D eigenvalue weighted by Gasteiger charge is 2.36. The standard InChI is InChI=1S/C17H11Cl2F3N2O5/c1-8(29-16(26)10-3-2-4-12(18)14(10)19)15(25)23-13-6-5-9(24(27)28)7-11(13)17(20,21)22/h2-8H,1H3,(H,23,25). The van der Waals surface area contributed by atoms with E-state index in [4.69, 9.17) is 27.9 Å². The quantitative estimate of drug-likeness (QED) is 0.387. The van der Waals surface area contributed by atoms with Gasteiger partial charge < -0.3 is 10.1 Å². The first-order valence-electron chi connectivity index (χ1n) is 7.73. The summed E-state index contributed by atoms with van der Waals surface area (Å²) in [5.41, 5.74) is -3.08. The highest BCUT2D eigenvalue weighted by Crippen LogP contribution is 2.37. The number of carbonyl (C=O) groups is 2. The number of hydrogen-bond donors (Lipinski definition) is 1. The number of benzene rings is 2. The largest absolute Gasteiger partial charge is 0.449 e. The molecule has 1 unspecified atom stereocenters. The molecule has 0 saturated heterocycles. The van der Waals surface area contributed by atoms with Gasteiger partial charge in [-0.05, 0) is 25.1 Å². The number of carbonyl (C=O) groups excluding carboxylic acids is 2. The summed E-state index contributed by atoms with van der Waals surface area (Å²) in [6, 6.07) is 5.96. The Labute approximate surface area is 171 Å². The Balaban J connectivity index is 2.20. The van der Waals surface area contributed by atoms with Gasteiger partial charge in [-0.25, -0.2) is 4.79 Å². The Kier molecular flexibility index (Phi) is 6.70. The molecule has 154 valence electrons. The predicted octanol–water partition coefficient (Wildman–Crippen LogP) is 5.10. The molecule has 0 aromatic heterocycles. The van der Waals surface area contributed by atoms with E-state index in [1.807, 2.05) is 5.32 Å². The van der Waals surface area contributed by atoms with E-state index < -0.39 is 46.0 Å². The number of ether oxygens (including phenoxy) is 1. The Morgan fingerprint density at radius 3 is 2.45 bits per heavy atom. The molecular weight excluding hydrogens is 440 g/mol. The van der Waals surface area contributed by atoms with Crippen molar-refractivity contribution in [1.82, 2.24) is 0 Å². The number of nitrogens with zero attached hydrogens (tertiary/aromatic N) is 1. The number of rotatable bonds is 5. The van der Waals surface area contributed by atoms with E-state index in [1.165, 1.54) is 18.2 Å². The maximum Gasteiger partial charge on any atom is 0.418 e. The summed E-state index contributed by atoms with van der Waals surface area (Å²) in [6.45, 7) is 1.13. The van der Waals surface area contributed by atoms with Crippen molar-refractivity contribution in [1.29, 1.82) is 0 Å². The van der Waals surface area contributed by atoms with Crippen molar-refractivity contribution in [3.05, 3.63) is 67.7 Å². The third kappa shape index (κ3) is 5.36. The van der Waals surface area contributed by atoms with E-state index in [9.17, 15) is 32.9 Å². The van der Waals surface area contributed by atoms with E-state index in [0.717, 1.165) is 19.1 Å². The van der Waals surface area contributed by atoms with Crippen LogP contribution in [0.5, 0.6) is 0 Å². The molecule has 12 heteroatoms. The lowest BCUT2D eigenvalue weighted by atomic mass is 10.1. The van der Waals surface area contributed by atoms with Gasteiger partial charge >= 0.3 is 12.1 Å². The Hall–Kier alpha value is -2.85. The summed E-state index contributed by atoms with van der Waals surface area (Å²) in [5.74, 6) is -2.10. The summed E-state index contributed by atoms with van der Waals surface area (Å²) >= 11 is 11.7. The van der Waals surface area contributed by atoms with Crippen LogP contribution in [-0.4, -0.2) is 22.9 Å². The fraction of sp³-hybridized carbons (Fsp3) is 0.176. The van der Waals surface area contributed by atoms with E-state index in [-0.39, 0.29) is 21.7 Å². The van der Waals surface area contributed by atoms with E-state index in [0.29, 0.717) is 0 Å². The van der Waals surface area contributed by atoms with Crippen molar-refractivity contribution >= 4 is 46.5 Å². The molecule has 0 aliphatic carbocycles. The monoisotopic (exact) mass is 450 g/mol. The first-order valence-corrected chi connectivity index (χ1v) is 8.49. The van der Waals surface area contributed by atoms with Crippen molar-refractivity contribution in [3.63, 3.8) is 0 Å². The molecule has 2 aromatic rings. The fourth-order valence-corrected chi connectivity index (χ4v) is 2.54. The Morgan fingerprint density at radius 1 is 1.21 bits per heavy atom. The topological polar surface area (TPSA) is 98.5 Å². The summed E-state index contributed by atoms with van der Waals surface area (Å²) in [7, 11) is 0. The second-order valence-electron chi connectivity index (χ2n) is 5.62. The molecule has 0 aliphatic heterocycles. The van der Waals surface area contributed by atoms with Gasteiger partial charge in [0.05, 0.1) is 31.8 Å². The zero-order chi connectivity index (χ0) is 21.9. The highest BCUT2D eigenvalue weighted by molar-refractivity contribution is 6.43. The van der Waals surface area contributed by atoms with Gasteiger partial charge in [-0.3, -0.25) is 14.9 Å². The SMILES string of the molecule is CC(OC(=O)c1cccc(Cl)c1Cl)C(=O)Nc1ccc([N+](=O)[O-])cc1C(F)(F)F. The maximum absolute atomic E-state index is 13.2. The van der Waals surface area contributed by atoms with Gasteiger partial charge in [0.25, 0.3) is 11.6 Å². The maximum atomic E-state index is 13.2. The Bertz CT molecular complexity index is 982. The predicted molar refractivity (Wildman–Crippen MR) is 98.1 cm³/mol. The van der Waals surface area contributed by atoms with Crippen LogP contribution in [0.4, 0.5) is 24.5 Å². The average Bonchev–Trinajstić information content (AvgIpc) is 2.62. The number of alkyl halides is 3. The molecule has 0 aliphatic rings.